The lowest BCUT2D eigenvalue weighted by atomic mass is 9.77. The molecule has 0 saturated heterocycles. The molecule has 33 heavy (non-hydrogen) atoms. The number of rotatable bonds is 4. The molecule has 1 heteroatoms. The molecule has 0 amide bonds. The third kappa shape index (κ3) is 4.10. The van der Waals surface area contributed by atoms with Crippen molar-refractivity contribution in [1.29, 1.82) is 0 Å². The summed E-state index contributed by atoms with van der Waals surface area (Å²) in [5.41, 5.74) is 10.8. The lowest BCUT2D eigenvalue weighted by Gasteiger charge is -2.25. The number of aliphatic imine (C=N–C) groups is 1. The highest BCUT2D eigenvalue weighted by molar-refractivity contribution is 6.22. The summed E-state index contributed by atoms with van der Waals surface area (Å²) < 4.78 is 0. The zero-order chi connectivity index (χ0) is 22.6. The molecule has 1 aliphatic rings. The van der Waals surface area contributed by atoms with Crippen LogP contribution in [0, 0.1) is 0 Å². The molecule has 1 unspecified atom stereocenters. The van der Waals surface area contributed by atoms with E-state index in [2.05, 4.69) is 135 Å². The minimum atomic E-state index is 0.0555. The molecular weight excluding hydrogens is 398 g/mol. The van der Waals surface area contributed by atoms with Crippen molar-refractivity contribution in [2.75, 3.05) is 0 Å². The fourth-order valence-electron chi connectivity index (χ4n) is 4.90. The number of allylic oxidation sites excluding steroid dienone is 4. The van der Waals surface area contributed by atoms with Crippen molar-refractivity contribution in [2.45, 2.75) is 19.8 Å². The first-order valence-corrected chi connectivity index (χ1v) is 11.5. The molecule has 4 aromatic rings. The van der Waals surface area contributed by atoms with Crippen LogP contribution in [-0.4, -0.2) is 5.71 Å². The van der Waals surface area contributed by atoms with Crippen LogP contribution >= 0.6 is 0 Å². The maximum Gasteiger partial charge on any atom is 0.0483 e. The van der Waals surface area contributed by atoms with Crippen molar-refractivity contribution in [3.63, 3.8) is 0 Å². The second-order valence-electron chi connectivity index (χ2n) is 8.44. The summed E-state index contributed by atoms with van der Waals surface area (Å²) in [5.74, 6) is 0.0555. The lowest BCUT2D eigenvalue weighted by Crippen LogP contribution is -2.12. The molecule has 160 valence electrons. The Labute approximate surface area is 196 Å². The molecule has 0 radical (unpaired) electrons. The van der Waals surface area contributed by atoms with Gasteiger partial charge in [0.1, 0.15) is 0 Å². The number of nitrogens with zero attached hydrogens (tertiary/aromatic N) is 1. The van der Waals surface area contributed by atoms with Gasteiger partial charge in [-0.05, 0) is 47.2 Å². The Hall–Kier alpha value is -3.97. The third-order valence-corrected chi connectivity index (χ3v) is 6.27. The predicted octanol–water partition coefficient (Wildman–Crippen LogP) is 8.29. The summed E-state index contributed by atoms with van der Waals surface area (Å²) in [6.45, 7) is 4.31. The zero-order valence-electron chi connectivity index (χ0n) is 19.1. The molecule has 0 fully saturated rings. The van der Waals surface area contributed by atoms with Gasteiger partial charge in [0.15, 0.2) is 0 Å². The van der Waals surface area contributed by atoms with E-state index in [-0.39, 0.29) is 5.92 Å². The van der Waals surface area contributed by atoms with Crippen LogP contribution in [0.1, 0.15) is 42.0 Å². The second kappa shape index (κ2) is 9.26. The lowest BCUT2D eigenvalue weighted by molar-refractivity contribution is 1.13. The molecule has 1 heterocycles. The summed E-state index contributed by atoms with van der Waals surface area (Å²) in [7, 11) is 0. The highest BCUT2D eigenvalue weighted by atomic mass is 14.8. The van der Waals surface area contributed by atoms with Gasteiger partial charge >= 0.3 is 0 Å². The molecular formula is C32H27N. The van der Waals surface area contributed by atoms with Crippen molar-refractivity contribution in [3.05, 3.63) is 149 Å². The highest BCUT2D eigenvalue weighted by Gasteiger charge is 2.30. The SMILES string of the molecule is CC1=NC(C)=C(c2ccccc2)C(c2ccccc2)=C(c2ccccc2)C1c1ccccc1. The molecule has 1 aliphatic heterocycles. The Morgan fingerprint density at radius 1 is 0.485 bits per heavy atom. The van der Waals surface area contributed by atoms with E-state index >= 15 is 0 Å². The monoisotopic (exact) mass is 425 g/mol. The Kier molecular flexibility index (Phi) is 5.87. The van der Waals surface area contributed by atoms with Gasteiger partial charge in [-0.1, -0.05) is 121 Å². The molecule has 0 aliphatic carbocycles. The van der Waals surface area contributed by atoms with Gasteiger partial charge in [0.25, 0.3) is 0 Å². The average Bonchev–Trinajstić information content (AvgIpc) is 2.99. The summed E-state index contributed by atoms with van der Waals surface area (Å²) >= 11 is 0. The van der Waals surface area contributed by atoms with Gasteiger partial charge in [-0.2, -0.15) is 0 Å². The van der Waals surface area contributed by atoms with E-state index in [1.165, 1.54) is 39.0 Å². The largest absolute Gasteiger partial charge is 0.261 e. The highest BCUT2D eigenvalue weighted by Crippen LogP contribution is 2.47. The van der Waals surface area contributed by atoms with Gasteiger partial charge in [0, 0.05) is 22.9 Å². The van der Waals surface area contributed by atoms with Gasteiger partial charge in [-0.3, -0.25) is 4.99 Å². The first kappa shape index (κ1) is 20.9. The quantitative estimate of drug-likeness (QED) is 0.312. The maximum atomic E-state index is 5.20. The first-order chi connectivity index (χ1) is 16.2. The number of hydrogen-bond donors (Lipinski definition) is 0. The topological polar surface area (TPSA) is 12.4 Å². The van der Waals surface area contributed by atoms with E-state index < -0.39 is 0 Å². The van der Waals surface area contributed by atoms with Crippen LogP contribution in [0.3, 0.4) is 0 Å². The fraction of sp³-hybridized carbons (Fsp3) is 0.0938. The molecule has 5 rings (SSSR count). The van der Waals surface area contributed by atoms with Gasteiger partial charge in [-0.25, -0.2) is 0 Å². The summed E-state index contributed by atoms with van der Waals surface area (Å²) in [6.07, 6.45) is 0. The van der Waals surface area contributed by atoms with E-state index in [0.717, 1.165) is 11.4 Å². The van der Waals surface area contributed by atoms with Gasteiger partial charge in [0.2, 0.25) is 0 Å². The summed E-state index contributed by atoms with van der Waals surface area (Å²) in [4.78, 5) is 5.20. The van der Waals surface area contributed by atoms with Crippen LogP contribution in [0.4, 0.5) is 0 Å². The smallest absolute Gasteiger partial charge is 0.0483 e. The van der Waals surface area contributed by atoms with E-state index in [4.69, 9.17) is 4.99 Å². The van der Waals surface area contributed by atoms with Crippen LogP contribution in [0.15, 0.2) is 132 Å². The molecule has 1 nitrogen and oxygen atoms in total. The third-order valence-electron chi connectivity index (χ3n) is 6.27. The minimum absolute atomic E-state index is 0.0555. The maximum absolute atomic E-state index is 5.20. The van der Waals surface area contributed by atoms with Crippen LogP contribution in [-0.2, 0) is 0 Å². The second-order valence-corrected chi connectivity index (χ2v) is 8.44. The Balaban J connectivity index is 1.94. The Morgan fingerprint density at radius 3 is 1.42 bits per heavy atom. The fourth-order valence-corrected chi connectivity index (χ4v) is 4.90. The van der Waals surface area contributed by atoms with Gasteiger partial charge in [0.05, 0.1) is 0 Å². The van der Waals surface area contributed by atoms with E-state index in [9.17, 15) is 0 Å². The minimum Gasteiger partial charge on any atom is -0.261 e. The molecule has 0 N–H and O–H groups in total. The van der Waals surface area contributed by atoms with E-state index in [1.807, 2.05) is 0 Å². The average molecular weight is 426 g/mol. The van der Waals surface area contributed by atoms with Gasteiger partial charge in [-0.15, -0.1) is 0 Å². The van der Waals surface area contributed by atoms with Crippen LogP contribution < -0.4 is 0 Å². The first-order valence-electron chi connectivity index (χ1n) is 11.5. The summed E-state index contributed by atoms with van der Waals surface area (Å²) in [6, 6.07) is 43.0. The van der Waals surface area contributed by atoms with E-state index in [1.54, 1.807) is 0 Å². The normalized spacial score (nSPS) is 16.4. The van der Waals surface area contributed by atoms with Crippen molar-refractivity contribution in [3.8, 4) is 0 Å². The van der Waals surface area contributed by atoms with Crippen molar-refractivity contribution in [1.82, 2.24) is 0 Å². The standard InChI is InChI=1S/C32H27N/c1-23-29(25-15-7-3-8-16-25)31(27-19-11-5-12-20-27)32(28-21-13-6-14-22-28)30(24(2)33-23)26-17-9-4-10-18-26/h3-22,29H,1-2H3. The Morgan fingerprint density at radius 2 is 0.909 bits per heavy atom. The number of benzene rings is 4. The molecule has 1 atom stereocenters. The predicted molar refractivity (Wildman–Crippen MR) is 141 cm³/mol. The van der Waals surface area contributed by atoms with Crippen molar-refractivity contribution >= 4 is 22.4 Å². The van der Waals surface area contributed by atoms with Crippen LogP contribution in [0.2, 0.25) is 0 Å². The number of hydrogen-bond acceptors (Lipinski definition) is 1. The zero-order valence-corrected chi connectivity index (χ0v) is 19.1. The van der Waals surface area contributed by atoms with Crippen LogP contribution in [0.5, 0.6) is 0 Å². The molecule has 0 saturated carbocycles. The molecule has 0 aromatic heterocycles. The molecule has 0 bridgehead atoms. The van der Waals surface area contributed by atoms with Gasteiger partial charge < -0.3 is 0 Å². The van der Waals surface area contributed by atoms with Crippen molar-refractivity contribution < 1.29 is 0 Å². The molecule has 0 spiro atoms. The van der Waals surface area contributed by atoms with Crippen LogP contribution in [0.25, 0.3) is 16.7 Å². The summed E-state index contributed by atoms with van der Waals surface area (Å²) in [5, 5.41) is 0. The van der Waals surface area contributed by atoms with E-state index in [0.29, 0.717) is 0 Å². The molecule has 4 aromatic carbocycles. The van der Waals surface area contributed by atoms with Crippen molar-refractivity contribution in [2.24, 2.45) is 4.99 Å². The Bertz CT molecular complexity index is 1330.